The number of fused-ring (bicyclic) bond motifs is 1. The van der Waals surface area contributed by atoms with Crippen LogP contribution in [0.2, 0.25) is 0 Å². The summed E-state index contributed by atoms with van der Waals surface area (Å²) in [6, 6.07) is 8.02. The smallest absolute Gasteiger partial charge is 0.224 e. The largest absolute Gasteiger partial charge is 0.354 e. The van der Waals surface area contributed by atoms with E-state index in [4.69, 9.17) is 0 Å². The molecule has 0 aliphatic carbocycles. The number of imidazole rings is 1. The molecule has 0 saturated heterocycles. The number of para-hydroxylation sites is 2. The van der Waals surface area contributed by atoms with Crippen LogP contribution in [-0.2, 0) is 0 Å². The summed E-state index contributed by atoms with van der Waals surface area (Å²) in [6.07, 6.45) is 3.63. The molecule has 96 valence electrons. The van der Waals surface area contributed by atoms with Crippen molar-refractivity contribution in [2.45, 2.75) is 13.8 Å². The zero-order valence-electron chi connectivity index (χ0n) is 11.0. The molecule has 0 fully saturated rings. The van der Waals surface area contributed by atoms with E-state index in [0.717, 1.165) is 29.0 Å². The lowest BCUT2D eigenvalue weighted by atomic mass is 10.3. The highest BCUT2D eigenvalue weighted by molar-refractivity contribution is 5.77. The van der Waals surface area contributed by atoms with Crippen LogP contribution in [0.5, 0.6) is 0 Å². The van der Waals surface area contributed by atoms with Crippen LogP contribution in [-0.4, -0.2) is 26.1 Å². The fraction of sp³-hybridized carbons (Fsp3) is 0.214. The molecule has 1 N–H and O–H groups in total. The minimum absolute atomic E-state index is 0.640. The number of rotatable bonds is 3. The Morgan fingerprint density at radius 1 is 1.21 bits per heavy atom. The minimum Gasteiger partial charge on any atom is -0.354 e. The molecule has 3 rings (SSSR count). The molecule has 1 aromatic carbocycles. The Balaban J connectivity index is 2.17. The maximum atomic E-state index is 4.56. The lowest BCUT2D eigenvalue weighted by Gasteiger charge is -2.09. The molecule has 2 heterocycles. The molecular formula is C14H15N5. The Bertz CT molecular complexity index is 717. The second-order valence-corrected chi connectivity index (χ2v) is 4.33. The van der Waals surface area contributed by atoms with Crippen molar-refractivity contribution in [1.82, 2.24) is 19.5 Å². The predicted molar refractivity (Wildman–Crippen MR) is 75.6 cm³/mol. The van der Waals surface area contributed by atoms with E-state index in [9.17, 15) is 0 Å². The number of aryl methyl sites for hydroxylation is 1. The number of nitrogens with one attached hydrogen (secondary N) is 1. The molecule has 3 aromatic rings. The van der Waals surface area contributed by atoms with Crippen molar-refractivity contribution in [3.8, 4) is 5.82 Å². The van der Waals surface area contributed by atoms with Crippen molar-refractivity contribution in [3.05, 3.63) is 42.4 Å². The summed E-state index contributed by atoms with van der Waals surface area (Å²) in [5.41, 5.74) is 3.03. The summed E-state index contributed by atoms with van der Waals surface area (Å²) >= 11 is 0. The highest BCUT2D eigenvalue weighted by Crippen LogP contribution is 2.19. The molecule has 0 bridgehead atoms. The number of nitrogens with zero attached hydrogens (tertiary/aromatic N) is 4. The normalized spacial score (nSPS) is 10.8. The Hall–Kier alpha value is -2.43. The van der Waals surface area contributed by atoms with Crippen LogP contribution >= 0.6 is 0 Å². The van der Waals surface area contributed by atoms with Crippen LogP contribution in [0.25, 0.3) is 16.9 Å². The molecule has 0 atom stereocenters. The van der Waals surface area contributed by atoms with Gasteiger partial charge < -0.3 is 5.32 Å². The van der Waals surface area contributed by atoms with Gasteiger partial charge in [0.05, 0.1) is 11.0 Å². The van der Waals surface area contributed by atoms with Crippen LogP contribution in [0, 0.1) is 6.92 Å². The van der Waals surface area contributed by atoms with E-state index in [1.54, 1.807) is 6.33 Å². The number of hydrogen-bond donors (Lipinski definition) is 1. The van der Waals surface area contributed by atoms with Gasteiger partial charge >= 0.3 is 0 Å². The van der Waals surface area contributed by atoms with Gasteiger partial charge in [-0.25, -0.2) is 9.97 Å². The fourth-order valence-corrected chi connectivity index (χ4v) is 2.05. The molecule has 0 radical (unpaired) electrons. The minimum atomic E-state index is 0.640. The summed E-state index contributed by atoms with van der Waals surface area (Å²) in [7, 11) is 0. The number of hydrogen-bond acceptors (Lipinski definition) is 4. The fourth-order valence-electron chi connectivity index (χ4n) is 2.05. The lowest BCUT2D eigenvalue weighted by Crippen LogP contribution is -2.07. The predicted octanol–water partition coefficient (Wildman–Crippen LogP) is 2.56. The zero-order valence-corrected chi connectivity index (χ0v) is 11.0. The second-order valence-electron chi connectivity index (χ2n) is 4.33. The molecular weight excluding hydrogens is 238 g/mol. The van der Waals surface area contributed by atoms with E-state index in [2.05, 4.69) is 20.3 Å². The Kier molecular flexibility index (Phi) is 2.87. The van der Waals surface area contributed by atoms with Crippen LogP contribution in [0.1, 0.15) is 12.5 Å². The summed E-state index contributed by atoms with van der Waals surface area (Å²) in [6.45, 7) is 4.82. The molecule has 0 unspecified atom stereocenters. The van der Waals surface area contributed by atoms with Gasteiger partial charge in [0, 0.05) is 18.3 Å². The third-order valence-electron chi connectivity index (χ3n) is 2.96. The van der Waals surface area contributed by atoms with Gasteiger partial charge in [0.25, 0.3) is 0 Å². The van der Waals surface area contributed by atoms with Crippen molar-refractivity contribution in [3.63, 3.8) is 0 Å². The molecule has 0 aliphatic heterocycles. The topological polar surface area (TPSA) is 55.6 Å². The van der Waals surface area contributed by atoms with Gasteiger partial charge in [-0.2, -0.15) is 4.98 Å². The monoisotopic (exact) mass is 253 g/mol. The van der Waals surface area contributed by atoms with E-state index in [0.29, 0.717) is 5.95 Å². The van der Waals surface area contributed by atoms with Crippen LogP contribution < -0.4 is 5.32 Å². The van der Waals surface area contributed by atoms with Crippen molar-refractivity contribution in [2.24, 2.45) is 0 Å². The van der Waals surface area contributed by atoms with Gasteiger partial charge in [-0.05, 0) is 26.0 Å². The average molecular weight is 253 g/mol. The van der Waals surface area contributed by atoms with Crippen molar-refractivity contribution in [2.75, 3.05) is 11.9 Å². The number of benzene rings is 1. The SMILES string of the molecule is CCNc1ncc(C)c(-n2cnc3ccccc32)n1. The summed E-state index contributed by atoms with van der Waals surface area (Å²) in [4.78, 5) is 13.2. The Morgan fingerprint density at radius 3 is 2.89 bits per heavy atom. The summed E-state index contributed by atoms with van der Waals surface area (Å²) in [5, 5.41) is 3.13. The first-order valence-electron chi connectivity index (χ1n) is 6.29. The molecule has 0 amide bonds. The Morgan fingerprint density at radius 2 is 2.05 bits per heavy atom. The quantitative estimate of drug-likeness (QED) is 0.779. The summed E-state index contributed by atoms with van der Waals surface area (Å²) in [5.74, 6) is 1.50. The molecule has 19 heavy (non-hydrogen) atoms. The highest BCUT2D eigenvalue weighted by atomic mass is 15.2. The highest BCUT2D eigenvalue weighted by Gasteiger charge is 2.09. The zero-order chi connectivity index (χ0) is 13.2. The third-order valence-corrected chi connectivity index (χ3v) is 2.96. The first kappa shape index (κ1) is 11.6. The van der Waals surface area contributed by atoms with Gasteiger partial charge in [-0.1, -0.05) is 12.1 Å². The van der Waals surface area contributed by atoms with Gasteiger partial charge in [0.15, 0.2) is 0 Å². The molecule has 0 spiro atoms. The first-order valence-corrected chi connectivity index (χ1v) is 6.29. The van der Waals surface area contributed by atoms with E-state index in [1.165, 1.54) is 0 Å². The van der Waals surface area contributed by atoms with Crippen LogP contribution in [0.3, 0.4) is 0 Å². The van der Waals surface area contributed by atoms with Gasteiger partial charge in [0.1, 0.15) is 12.1 Å². The standard InChI is InChI=1S/C14H15N5/c1-3-15-14-16-8-10(2)13(18-14)19-9-17-11-6-4-5-7-12(11)19/h4-9H,3H2,1-2H3,(H,15,16,18). The van der Waals surface area contributed by atoms with Gasteiger partial charge in [0.2, 0.25) is 5.95 Å². The van der Waals surface area contributed by atoms with Gasteiger partial charge in [-0.15, -0.1) is 0 Å². The van der Waals surface area contributed by atoms with Crippen molar-refractivity contribution >= 4 is 17.0 Å². The Labute approximate surface area is 111 Å². The molecule has 0 aliphatic rings. The average Bonchev–Trinajstić information content (AvgIpc) is 2.85. The van der Waals surface area contributed by atoms with Crippen molar-refractivity contribution < 1.29 is 0 Å². The molecule has 5 heteroatoms. The first-order chi connectivity index (χ1) is 9.29. The summed E-state index contributed by atoms with van der Waals surface area (Å²) < 4.78 is 1.99. The van der Waals surface area contributed by atoms with Crippen LogP contribution in [0.15, 0.2) is 36.8 Å². The third kappa shape index (κ3) is 2.03. The second kappa shape index (κ2) is 4.68. The van der Waals surface area contributed by atoms with E-state index < -0.39 is 0 Å². The lowest BCUT2D eigenvalue weighted by molar-refractivity contribution is 0.964. The van der Waals surface area contributed by atoms with Crippen molar-refractivity contribution in [1.29, 1.82) is 0 Å². The molecule has 5 nitrogen and oxygen atoms in total. The number of aromatic nitrogens is 4. The maximum absolute atomic E-state index is 4.56. The number of anilines is 1. The van der Waals surface area contributed by atoms with E-state index in [1.807, 2.05) is 48.9 Å². The molecule has 2 aromatic heterocycles. The van der Waals surface area contributed by atoms with E-state index >= 15 is 0 Å². The van der Waals surface area contributed by atoms with Crippen LogP contribution in [0.4, 0.5) is 5.95 Å². The van der Waals surface area contributed by atoms with E-state index in [-0.39, 0.29) is 0 Å². The van der Waals surface area contributed by atoms with Gasteiger partial charge in [-0.3, -0.25) is 4.57 Å². The maximum Gasteiger partial charge on any atom is 0.224 e. The molecule has 0 saturated carbocycles.